The van der Waals surface area contributed by atoms with Crippen LogP contribution in [-0.4, -0.2) is 0 Å². The molecule has 0 heteroatoms. The van der Waals surface area contributed by atoms with Gasteiger partial charge >= 0.3 is 0 Å². The van der Waals surface area contributed by atoms with Gasteiger partial charge in [0.15, 0.2) is 0 Å². The molecule has 0 aliphatic rings. The van der Waals surface area contributed by atoms with Gasteiger partial charge in [-0.15, -0.1) is 6.58 Å². The molecule has 0 atom stereocenters. The minimum Gasteiger partial charge on any atom is -0.100 e. The highest BCUT2D eigenvalue weighted by Crippen LogP contribution is 2.16. The van der Waals surface area contributed by atoms with Crippen molar-refractivity contribution < 1.29 is 0 Å². The van der Waals surface area contributed by atoms with Gasteiger partial charge in [0.25, 0.3) is 0 Å². The van der Waals surface area contributed by atoms with Gasteiger partial charge in [-0.1, -0.05) is 94.3 Å². The Labute approximate surface area is 188 Å². The van der Waals surface area contributed by atoms with E-state index in [9.17, 15) is 0 Å². The summed E-state index contributed by atoms with van der Waals surface area (Å²) in [5.74, 6) is 0. The summed E-state index contributed by atoms with van der Waals surface area (Å²) >= 11 is 0. The van der Waals surface area contributed by atoms with Crippen molar-refractivity contribution in [2.45, 2.75) is 93.4 Å². The molecule has 0 spiro atoms. The van der Waals surface area contributed by atoms with Gasteiger partial charge in [-0.3, -0.25) is 0 Å². The van der Waals surface area contributed by atoms with Crippen LogP contribution in [0.25, 0.3) is 0 Å². The lowest BCUT2D eigenvalue weighted by molar-refractivity contribution is 0.774. The minimum absolute atomic E-state index is 1.05. The molecule has 0 amide bonds. The van der Waals surface area contributed by atoms with E-state index in [-0.39, 0.29) is 0 Å². The average molecular weight is 407 g/mol. The minimum atomic E-state index is 1.05. The third-order valence-corrected chi connectivity index (χ3v) is 5.31. The fourth-order valence-corrected chi connectivity index (χ4v) is 3.13. The van der Waals surface area contributed by atoms with Crippen LogP contribution < -0.4 is 0 Å². The summed E-state index contributed by atoms with van der Waals surface area (Å²) in [6.45, 7) is 22.9. The van der Waals surface area contributed by atoms with Crippen LogP contribution in [0.2, 0.25) is 0 Å². The molecule has 0 radical (unpaired) electrons. The lowest BCUT2D eigenvalue weighted by atomic mass is 9.98. The van der Waals surface area contributed by atoms with E-state index in [0.29, 0.717) is 0 Å². The van der Waals surface area contributed by atoms with Gasteiger partial charge in [-0.05, 0) is 87.1 Å². The monoisotopic (exact) mass is 406 g/mol. The molecule has 2 aromatic carbocycles. The molecule has 0 aromatic heterocycles. The van der Waals surface area contributed by atoms with Crippen LogP contribution in [0.4, 0.5) is 0 Å². The van der Waals surface area contributed by atoms with E-state index >= 15 is 0 Å². The van der Waals surface area contributed by atoms with Crippen molar-refractivity contribution in [3.63, 3.8) is 0 Å². The van der Waals surface area contributed by atoms with Crippen LogP contribution in [-0.2, 0) is 19.3 Å². The van der Waals surface area contributed by atoms with Crippen LogP contribution in [0.3, 0.4) is 0 Å². The Bertz CT molecular complexity index is 731. The SMILES string of the molecule is C=C(C)CCc1cccc(C)c1C.C=C(CCCC)Cc1ccc(CC)cc1.CC. The first-order valence-corrected chi connectivity index (χ1v) is 11.8. The molecule has 30 heavy (non-hydrogen) atoms. The fraction of sp³-hybridized carbons (Fsp3) is 0.467. The van der Waals surface area contributed by atoms with Crippen LogP contribution in [0, 0.1) is 13.8 Å². The molecule has 0 aliphatic heterocycles. The predicted octanol–water partition coefficient (Wildman–Crippen LogP) is 9.38. The van der Waals surface area contributed by atoms with Gasteiger partial charge in [0.2, 0.25) is 0 Å². The molecular weight excluding hydrogens is 360 g/mol. The van der Waals surface area contributed by atoms with Crippen molar-refractivity contribution in [3.05, 3.63) is 94.6 Å². The summed E-state index contributed by atoms with van der Waals surface area (Å²) in [7, 11) is 0. The maximum Gasteiger partial charge on any atom is -0.00698 e. The summed E-state index contributed by atoms with van der Waals surface area (Å²) in [4.78, 5) is 0. The van der Waals surface area contributed by atoms with E-state index in [1.807, 2.05) is 13.8 Å². The van der Waals surface area contributed by atoms with Gasteiger partial charge < -0.3 is 0 Å². The van der Waals surface area contributed by atoms with Gasteiger partial charge in [0.05, 0.1) is 0 Å². The number of aryl methyl sites for hydroxylation is 3. The molecule has 0 heterocycles. The van der Waals surface area contributed by atoms with Gasteiger partial charge in [0.1, 0.15) is 0 Å². The molecule has 0 aliphatic carbocycles. The molecule has 0 unspecified atom stereocenters. The summed E-state index contributed by atoms with van der Waals surface area (Å²) in [6.07, 6.45) is 8.10. The van der Waals surface area contributed by atoms with Crippen molar-refractivity contribution in [1.29, 1.82) is 0 Å². The molecule has 0 saturated carbocycles. The van der Waals surface area contributed by atoms with Crippen LogP contribution in [0.1, 0.15) is 88.1 Å². The first-order valence-electron chi connectivity index (χ1n) is 11.8. The first-order chi connectivity index (χ1) is 14.4. The molecule has 0 bridgehead atoms. The lowest BCUT2D eigenvalue weighted by Crippen LogP contribution is -1.92. The first kappa shape index (κ1) is 27.9. The van der Waals surface area contributed by atoms with E-state index < -0.39 is 0 Å². The van der Waals surface area contributed by atoms with Crippen molar-refractivity contribution in [3.8, 4) is 0 Å². The van der Waals surface area contributed by atoms with E-state index in [1.165, 1.54) is 58.2 Å². The largest absolute Gasteiger partial charge is 0.100 e. The van der Waals surface area contributed by atoms with Crippen molar-refractivity contribution in [2.75, 3.05) is 0 Å². The number of rotatable bonds is 9. The third kappa shape index (κ3) is 11.8. The van der Waals surface area contributed by atoms with Crippen LogP contribution >= 0.6 is 0 Å². The molecular formula is C30H46. The number of allylic oxidation sites excluding steroid dienone is 2. The van der Waals surface area contributed by atoms with E-state index in [2.05, 4.69) is 90.2 Å². The lowest BCUT2D eigenvalue weighted by Gasteiger charge is -2.07. The highest BCUT2D eigenvalue weighted by Gasteiger charge is 2.00. The second-order valence-electron chi connectivity index (χ2n) is 8.02. The molecule has 0 saturated heterocycles. The third-order valence-electron chi connectivity index (χ3n) is 5.31. The Morgan fingerprint density at radius 2 is 1.43 bits per heavy atom. The van der Waals surface area contributed by atoms with Crippen molar-refractivity contribution in [1.82, 2.24) is 0 Å². The van der Waals surface area contributed by atoms with Crippen LogP contribution in [0.5, 0.6) is 0 Å². The Hall–Kier alpha value is -2.08. The normalized spacial score (nSPS) is 9.70. The Morgan fingerprint density at radius 3 is 1.97 bits per heavy atom. The quantitative estimate of drug-likeness (QED) is 0.364. The topological polar surface area (TPSA) is 0 Å². The van der Waals surface area contributed by atoms with E-state index in [4.69, 9.17) is 0 Å². The van der Waals surface area contributed by atoms with Crippen LogP contribution in [0.15, 0.2) is 66.8 Å². The van der Waals surface area contributed by atoms with Gasteiger partial charge in [-0.25, -0.2) is 0 Å². The van der Waals surface area contributed by atoms with E-state index in [1.54, 1.807) is 0 Å². The average Bonchev–Trinajstić information content (AvgIpc) is 2.75. The summed E-state index contributed by atoms with van der Waals surface area (Å²) in [6, 6.07) is 15.4. The highest BCUT2D eigenvalue weighted by molar-refractivity contribution is 5.33. The Morgan fingerprint density at radius 1 is 0.833 bits per heavy atom. The zero-order valence-corrected chi connectivity index (χ0v) is 20.9. The number of unbranched alkanes of at least 4 members (excludes halogenated alkanes) is 1. The molecule has 2 aromatic rings. The van der Waals surface area contributed by atoms with E-state index in [0.717, 1.165) is 25.7 Å². The van der Waals surface area contributed by atoms with Crippen molar-refractivity contribution >= 4 is 0 Å². The fourth-order valence-electron chi connectivity index (χ4n) is 3.13. The number of benzene rings is 2. The standard InChI is InChI=1S/C15H22.C13H18.C2H6/c1-4-6-7-13(3)12-15-10-8-14(5-2)9-11-15;1-10(2)8-9-13-7-5-6-11(3)12(13)4;1-2/h8-11H,3-7,12H2,1-2H3;5-7H,1,8-9H2,2-4H3;1-2H3. The van der Waals surface area contributed by atoms with Gasteiger partial charge in [0, 0.05) is 0 Å². The summed E-state index contributed by atoms with van der Waals surface area (Å²) < 4.78 is 0. The molecule has 166 valence electrons. The van der Waals surface area contributed by atoms with Crippen molar-refractivity contribution in [2.24, 2.45) is 0 Å². The predicted molar refractivity (Wildman–Crippen MR) is 139 cm³/mol. The van der Waals surface area contributed by atoms with Gasteiger partial charge in [-0.2, -0.15) is 0 Å². The highest BCUT2D eigenvalue weighted by atomic mass is 14.1. The zero-order chi connectivity index (χ0) is 22.9. The Kier molecular flexibility index (Phi) is 15.5. The maximum atomic E-state index is 4.13. The molecule has 0 nitrogen and oxygen atoms in total. The maximum absolute atomic E-state index is 4.13. The molecule has 2 rings (SSSR count). The number of hydrogen-bond acceptors (Lipinski definition) is 0. The zero-order valence-electron chi connectivity index (χ0n) is 20.9. The molecule has 0 fully saturated rings. The smallest absolute Gasteiger partial charge is 0.00698 e. The molecule has 0 N–H and O–H groups in total. The second kappa shape index (κ2) is 16.7. The summed E-state index contributed by atoms with van der Waals surface area (Å²) in [5, 5.41) is 0. The summed E-state index contributed by atoms with van der Waals surface area (Å²) in [5.41, 5.74) is 9.72. The Balaban J connectivity index is 0.000000522. The second-order valence-corrected chi connectivity index (χ2v) is 8.02. The number of hydrogen-bond donors (Lipinski definition) is 0.